The number of hydrogen-bond donors (Lipinski definition) is 2. The van der Waals surface area contributed by atoms with E-state index in [2.05, 4.69) is 4.72 Å². The van der Waals surface area contributed by atoms with Gasteiger partial charge in [-0.25, -0.2) is 13.1 Å². The van der Waals surface area contributed by atoms with Crippen LogP contribution in [0.5, 0.6) is 0 Å². The van der Waals surface area contributed by atoms with Crippen molar-refractivity contribution in [3.05, 3.63) is 0 Å². The highest BCUT2D eigenvalue weighted by Crippen LogP contribution is 2.04. The van der Waals surface area contributed by atoms with E-state index in [1.807, 2.05) is 13.8 Å². The summed E-state index contributed by atoms with van der Waals surface area (Å²) in [5, 5.41) is 0. The van der Waals surface area contributed by atoms with E-state index in [0.29, 0.717) is 12.5 Å². The zero-order valence-corrected chi connectivity index (χ0v) is 11.7. The topological polar surface area (TPSA) is 81.4 Å². The van der Waals surface area contributed by atoms with Gasteiger partial charge in [-0.1, -0.05) is 13.8 Å². The first kappa shape index (κ1) is 18.5. The number of nitrogens with one attached hydrogen (secondary N) is 1. The average Bonchev–Trinajstić information content (AvgIpc) is 2.12. The van der Waals surface area contributed by atoms with Crippen LogP contribution >= 0.6 is 12.4 Å². The Morgan fingerprint density at radius 1 is 1.38 bits per heavy atom. The van der Waals surface area contributed by atoms with Crippen molar-refractivity contribution in [2.75, 3.05) is 26.0 Å². The van der Waals surface area contributed by atoms with Gasteiger partial charge in [0, 0.05) is 19.7 Å². The Hall–Kier alpha value is 0.120. The molecule has 0 radical (unpaired) electrons. The van der Waals surface area contributed by atoms with Gasteiger partial charge < -0.3 is 10.5 Å². The molecule has 0 aliphatic rings. The van der Waals surface area contributed by atoms with E-state index in [4.69, 9.17) is 10.5 Å². The van der Waals surface area contributed by atoms with Gasteiger partial charge in [-0.2, -0.15) is 0 Å². The van der Waals surface area contributed by atoms with Crippen molar-refractivity contribution in [2.45, 2.75) is 26.3 Å². The number of halogens is 1. The average molecular weight is 275 g/mol. The Morgan fingerprint density at radius 3 is 2.31 bits per heavy atom. The van der Waals surface area contributed by atoms with Crippen LogP contribution in [-0.2, 0) is 14.8 Å². The minimum absolute atomic E-state index is 0. The second-order valence-electron chi connectivity index (χ2n) is 3.99. The molecule has 0 spiro atoms. The summed E-state index contributed by atoms with van der Waals surface area (Å²) in [7, 11) is -1.78. The van der Waals surface area contributed by atoms with Crippen LogP contribution in [0.2, 0.25) is 0 Å². The van der Waals surface area contributed by atoms with Gasteiger partial charge >= 0.3 is 0 Å². The molecule has 0 fully saturated rings. The molecule has 100 valence electrons. The van der Waals surface area contributed by atoms with Crippen LogP contribution < -0.4 is 10.5 Å². The fourth-order valence-corrected chi connectivity index (χ4v) is 2.47. The molecule has 0 saturated heterocycles. The molecule has 0 aromatic heterocycles. The van der Waals surface area contributed by atoms with Gasteiger partial charge in [0.2, 0.25) is 10.0 Å². The van der Waals surface area contributed by atoms with Crippen molar-refractivity contribution in [1.82, 2.24) is 4.72 Å². The summed E-state index contributed by atoms with van der Waals surface area (Å²) < 4.78 is 30.3. The Labute approximate surface area is 105 Å². The third-order valence-electron chi connectivity index (χ3n) is 1.94. The number of sulfonamides is 1. The van der Waals surface area contributed by atoms with Gasteiger partial charge in [0.1, 0.15) is 0 Å². The molecule has 0 rings (SSSR count). The standard InChI is InChI=1S/C9H22N2O3S.ClH/c1-8(2)6-9(7-10)11-15(12,13)5-4-14-3;/h8-9,11H,4-7,10H2,1-3H3;1H. The number of rotatable bonds is 8. The second-order valence-corrected chi connectivity index (χ2v) is 5.87. The highest BCUT2D eigenvalue weighted by Gasteiger charge is 2.17. The molecule has 0 saturated carbocycles. The molecule has 1 atom stereocenters. The molecule has 5 nitrogen and oxygen atoms in total. The number of hydrogen-bond acceptors (Lipinski definition) is 4. The van der Waals surface area contributed by atoms with Crippen molar-refractivity contribution in [1.29, 1.82) is 0 Å². The quantitative estimate of drug-likeness (QED) is 0.669. The van der Waals surface area contributed by atoms with Crippen molar-refractivity contribution in [2.24, 2.45) is 11.7 Å². The Bertz CT molecular complexity index is 257. The van der Waals surface area contributed by atoms with Crippen LogP contribution in [0.4, 0.5) is 0 Å². The Kier molecular flexibility index (Phi) is 10.6. The summed E-state index contributed by atoms with van der Waals surface area (Å²) in [4.78, 5) is 0. The highest BCUT2D eigenvalue weighted by molar-refractivity contribution is 7.89. The molecule has 0 heterocycles. The molecule has 0 amide bonds. The Balaban J connectivity index is 0. The molecule has 16 heavy (non-hydrogen) atoms. The highest BCUT2D eigenvalue weighted by atomic mass is 35.5. The maximum absolute atomic E-state index is 11.5. The van der Waals surface area contributed by atoms with Crippen LogP contribution in [0.25, 0.3) is 0 Å². The normalized spacial score (nSPS) is 13.6. The van der Waals surface area contributed by atoms with E-state index >= 15 is 0 Å². The van der Waals surface area contributed by atoms with E-state index < -0.39 is 10.0 Å². The van der Waals surface area contributed by atoms with E-state index in [0.717, 1.165) is 6.42 Å². The zero-order valence-electron chi connectivity index (χ0n) is 10.1. The fourth-order valence-electron chi connectivity index (χ4n) is 1.27. The van der Waals surface area contributed by atoms with E-state index in [-0.39, 0.29) is 30.8 Å². The predicted molar refractivity (Wildman–Crippen MR) is 68.3 cm³/mol. The summed E-state index contributed by atoms with van der Waals surface area (Å²) in [6.45, 7) is 4.59. The van der Waals surface area contributed by atoms with Crippen molar-refractivity contribution in [3.8, 4) is 0 Å². The molecule has 7 heteroatoms. The summed E-state index contributed by atoms with van der Waals surface area (Å²) >= 11 is 0. The van der Waals surface area contributed by atoms with Crippen LogP contribution in [-0.4, -0.2) is 40.5 Å². The molecule has 0 aliphatic heterocycles. The summed E-state index contributed by atoms with van der Waals surface area (Å²) in [6, 6.07) is -0.174. The fraction of sp³-hybridized carbons (Fsp3) is 1.00. The van der Waals surface area contributed by atoms with E-state index in [1.165, 1.54) is 7.11 Å². The van der Waals surface area contributed by atoms with Crippen LogP contribution in [0, 0.1) is 5.92 Å². The SMILES string of the molecule is COCCS(=O)(=O)NC(CN)CC(C)C.Cl. The van der Waals surface area contributed by atoms with E-state index in [9.17, 15) is 8.42 Å². The lowest BCUT2D eigenvalue weighted by molar-refractivity contribution is 0.216. The lowest BCUT2D eigenvalue weighted by atomic mass is 10.1. The first-order chi connectivity index (χ1) is 6.91. The summed E-state index contributed by atoms with van der Waals surface area (Å²) in [5.41, 5.74) is 5.50. The Morgan fingerprint density at radius 2 is 1.94 bits per heavy atom. The largest absolute Gasteiger partial charge is 0.384 e. The van der Waals surface area contributed by atoms with Gasteiger partial charge in [0.15, 0.2) is 0 Å². The van der Waals surface area contributed by atoms with E-state index in [1.54, 1.807) is 0 Å². The molecule has 0 aromatic carbocycles. The minimum Gasteiger partial charge on any atom is -0.384 e. The molecule has 3 N–H and O–H groups in total. The molecule has 0 aliphatic carbocycles. The number of ether oxygens (including phenoxy) is 1. The van der Waals surface area contributed by atoms with Crippen molar-refractivity contribution >= 4 is 22.4 Å². The van der Waals surface area contributed by atoms with Gasteiger partial charge in [-0.05, 0) is 12.3 Å². The third-order valence-corrected chi connectivity index (χ3v) is 3.34. The first-order valence-corrected chi connectivity index (χ1v) is 6.75. The molecular weight excluding hydrogens is 252 g/mol. The van der Waals surface area contributed by atoms with Crippen molar-refractivity contribution in [3.63, 3.8) is 0 Å². The number of nitrogens with two attached hydrogens (primary N) is 1. The number of methoxy groups -OCH3 is 1. The molecule has 0 bridgehead atoms. The summed E-state index contributed by atoms with van der Waals surface area (Å²) in [5.74, 6) is 0.404. The van der Waals surface area contributed by atoms with Crippen molar-refractivity contribution < 1.29 is 13.2 Å². The summed E-state index contributed by atoms with van der Waals surface area (Å²) in [6.07, 6.45) is 0.753. The van der Waals surface area contributed by atoms with Crippen LogP contribution in [0.15, 0.2) is 0 Å². The monoisotopic (exact) mass is 274 g/mol. The van der Waals surface area contributed by atoms with Gasteiger partial charge in [-0.3, -0.25) is 0 Å². The minimum atomic E-state index is -3.26. The van der Waals surface area contributed by atoms with Gasteiger partial charge in [0.05, 0.1) is 12.4 Å². The molecule has 1 unspecified atom stereocenters. The first-order valence-electron chi connectivity index (χ1n) is 5.10. The zero-order chi connectivity index (χ0) is 11.9. The molecule has 0 aromatic rings. The van der Waals surface area contributed by atoms with Gasteiger partial charge in [-0.15, -0.1) is 12.4 Å². The predicted octanol–water partition coefficient (Wildman–Crippen LogP) is 0.347. The van der Waals surface area contributed by atoms with Crippen LogP contribution in [0.3, 0.4) is 0 Å². The second kappa shape index (κ2) is 9.18. The maximum atomic E-state index is 11.5. The lowest BCUT2D eigenvalue weighted by Crippen LogP contribution is -2.42. The third kappa shape index (κ3) is 9.35. The lowest BCUT2D eigenvalue weighted by Gasteiger charge is -2.18. The van der Waals surface area contributed by atoms with Crippen LogP contribution in [0.1, 0.15) is 20.3 Å². The molecular formula is C9H23ClN2O3S. The van der Waals surface area contributed by atoms with Gasteiger partial charge in [0.25, 0.3) is 0 Å². The smallest absolute Gasteiger partial charge is 0.214 e. The maximum Gasteiger partial charge on any atom is 0.214 e.